The molecule has 5 unspecified atom stereocenters. The number of amides is 6. The van der Waals surface area contributed by atoms with Crippen LogP contribution in [0.2, 0.25) is 20.1 Å². The van der Waals surface area contributed by atoms with Crippen LogP contribution in [-0.2, 0) is 117 Å². The zero-order chi connectivity index (χ0) is 83.6. The van der Waals surface area contributed by atoms with Gasteiger partial charge < -0.3 is 53.3 Å². The first-order valence-electron chi connectivity index (χ1n) is 38.5. The van der Waals surface area contributed by atoms with E-state index in [1.165, 1.54) is 34.8 Å². The number of hydrogen-bond acceptors (Lipinski definition) is 15. The summed E-state index contributed by atoms with van der Waals surface area (Å²) in [5, 5.41) is 8.31. The molecule has 0 fully saturated rings. The van der Waals surface area contributed by atoms with Crippen LogP contribution < -0.4 is 5.32 Å². The molecule has 0 aliphatic carbocycles. The molecule has 6 aliphatic rings. The van der Waals surface area contributed by atoms with E-state index in [1.807, 2.05) is 135 Å². The average Bonchev–Trinajstić information content (AvgIpc) is 1.72. The number of carbonyl (C=O) groups excluding carboxylic acids is 8. The molecule has 6 amide bonds. The summed E-state index contributed by atoms with van der Waals surface area (Å²) >= 11 is 23.9. The van der Waals surface area contributed by atoms with Crippen LogP contribution >= 0.6 is 46.4 Å². The van der Waals surface area contributed by atoms with Crippen molar-refractivity contribution in [3.05, 3.63) is 317 Å². The maximum atomic E-state index is 13.0. The van der Waals surface area contributed by atoms with Crippen LogP contribution in [0.1, 0.15) is 125 Å². The van der Waals surface area contributed by atoms with E-state index in [2.05, 4.69) is 57.8 Å². The van der Waals surface area contributed by atoms with Crippen molar-refractivity contribution in [1.82, 2.24) is 49.1 Å². The van der Waals surface area contributed by atoms with E-state index < -0.39 is 24.1 Å². The molecule has 9 aromatic rings. The van der Waals surface area contributed by atoms with Crippen molar-refractivity contribution in [3.63, 3.8) is 0 Å². The quantitative estimate of drug-likeness (QED) is 0.0698. The molecule has 5 atom stereocenters. The van der Waals surface area contributed by atoms with Gasteiger partial charge in [0.2, 0.25) is 5.91 Å². The number of fused-ring (bicyclic) bond motifs is 5. The van der Waals surface area contributed by atoms with Gasteiger partial charge in [-0.2, -0.15) is 5.10 Å². The highest BCUT2D eigenvalue weighted by Crippen LogP contribution is 2.35. The fourth-order valence-corrected chi connectivity index (χ4v) is 15.4. The highest BCUT2D eigenvalue weighted by Gasteiger charge is 2.41. The fraction of sp³-hybridized carbons (Fsp3) is 0.300. The highest BCUT2D eigenvalue weighted by molar-refractivity contribution is 6.42. The second kappa shape index (κ2) is 40.3. The molecule has 27 heteroatoms. The summed E-state index contributed by atoms with van der Waals surface area (Å²) in [7, 11) is 4.92. The van der Waals surface area contributed by atoms with Crippen molar-refractivity contribution in [3.8, 4) is 0 Å². The number of nitrogens with zero attached hydrogens (tertiary/aromatic N) is 10. The first-order valence-corrected chi connectivity index (χ1v) is 40.0. The molecule has 0 bridgehead atoms. The van der Waals surface area contributed by atoms with Gasteiger partial charge in [-0.3, -0.25) is 38.4 Å². The van der Waals surface area contributed by atoms with Gasteiger partial charge in [-0.15, -0.1) is 0 Å². The van der Waals surface area contributed by atoms with Gasteiger partial charge in [0, 0.05) is 127 Å². The minimum Gasteiger partial charge on any atom is -0.497 e. The van der Waals surface area contributed by atoms with Crippen LogP contribution in [-0.4, -0.2) is 168 Å². The summed E-state index contributed by atoms with van der Waals surface area (Å²) in [6.45, 7) is 20.1. The zero-order valence-corrected chi connectivity index (χ0v) is 69.3. The largest absolute Gasteiger partial charge is 0.497 e. The molecular formula is C90H93Cl4N11O12. The topological polar surface area (TPSA) is 250 Å². The average molecular weight is 1660 g/mol. The number of esters is 2. The van der Waals surface area contributed by atoms with Crippen LogP contribution in [0, 0.1) is 0 Å². The number of halogens is 4. The first-order chi connectivity index (χ1) is 56.4. The predicted octanol–water partition coefficient (Wildman–Crippen LogP) is 14.0. The third-order valence-electron chi connectivity index (χ3n) is 20.9. The number of methoxy groups -OCH3 is 1. The number of ether oxygens (including phenoxy) is 4. The van der Waals surface area contributed by atoms with Crippen LogP contribution in [0.5, 0.6) is 0 Å². The third kappa shape index (κ3) is 20.6. The Balaban J connectivity index is 0.000000144. The fourth-order valence-electron chi connectivity index (χ4n) is 14.8. The number of imidazole rings is 1. The van der Waals surface area contributed by atoms with E-state index in [0.717, 1.165) is 45.4 Å². The lowest BCUT2D eigenvalue weighted by Crippen LogP contribution is -2.52. The summed E-state index contributed by atoms with van der Waals surface area (Å²) in [5.74, 6) is -0.0231. The highest BCUT2D eigenvalue weighted by atomic mass is 35.5. The molecule has 6 aliphatic heterocycles. The van der Waals surface area contributed by atoms with E-state index in [1.54, 1.807) is 100 Å². The Bertz CT molecular complexity index is 5130. The van der Waals surface area contributed by atoms with Gasteiger partial charge in [-0.25, -0.2) is 14.6 Å². The Kier molecular flexibility index (Phi) is 29.7. The Hall–Kier alpha value is -11.6. The SMILES string of the molecule is C=C(OCC)C1Cc2ccccc2CN1C(=O)c1ccnn1C.C=C(OCC)C1Cc2ccccc2CN1C(=O)c1nccn1C.CCNC(=O)C1Cc2ccccc2CN1C(=O)c1ccc(Cl)c(Cl)c1.CCOC(=O)C1Cc2ccccc2CN1C(=O)C1=CC=NC1.COC(=O)C1Cc2ccccc2CN1C(=O)c1ccc(Cl)c(Cl)c1. The maximum absolute atomic E-state index is 13.0. The minimum atomic E-state index is -0.660. The molecule has 0 saturated heterocycles. The minimum absolute atomic E-state index is 0.0506. The lowest BCUT2D eigenvalue weighted by molar-refractivity contribution is -0.154. The second-order valence-electron chi connectivity index (χ2n) is 28.2. The molecular weight excluding hydrogens is 1570 g/mol. The third-order valence-corrected chi connectivity index (χ3v) is 22.4. The van der Waals surface area contributed by atoms with Crippen LogP contribution in [0.25, 0.3) is 0 Å². The molecule has 1 N–H and O–H groups in total. The van der Waals surface area contributed by atoms with E-state index in [-0.39, 0.29) is 53.5 Å². The number of aromatic nitrogens is 4. The first kappa shape index (κ1) is 86.2. The van der Waals surface area contributed by atoms with Crippen molar-refractivity contribution in [2.75, 3.05) is 40.0 Å². The number of nitrogens with one attached hydrogen (secondary N) is 1. The zero-order valence-electron chi connectivity index (χ0n) is 66.3. The van der Waals surface area contributed by atoms with Crippen LogP contribution in [0.4, 0.5) is 0 Å². The standard InChI is InChI=1S/C19H18Cl2N2O2.C18H15Cl2NO3.2C18H21N3O2.C17H18N2O3/c1-2-22-18(24)17-10-12-5-3-4-6-14(12)11-23(17)19(25)13-7-8-15(20)16(21)9-13;1-24-18(23)16-9-11-4-2-3-5-13(11)10-21(16)17(22)12-6-7-14(19)15(20)8-12;1-4-23-13(2)16-11-14-7-5-6-8-15(14)12-21(16)18(22)17-19-9-10-20(17)3;1-4-23-13(2)17-11-14-7-5-6-8-15(14)12-21(17)18(22)16-9-10-19-20(16)3;1-2-22-17(21)15-9-12-5-3-4-6-14(12)11-19(15)16(20)13-7-8-18-10-13/h3-9,17H,2,10-11H2,1H3,(H,22,24);2-8,16H,9-10H2,1H3;5-10,16H,2,4,11-12H2,1,3H3;5-10,17H,2,4,11-12H2,1,3H3;3-8,15H,2,9-11H2,1H3. The predicted molar refractivity (Wildman–Crippen MR) is 449 cm³/mol. The number of hydrogen-bond donors (Lipinski definition) is 1. The Morgan fingerprint density at radius 2 is 0.829 bits per heavy atom. The van der Waals surface area contributed by atoms with Gasteiger partial charge in [0.25, 0.3) is 29.5 Å². The van der Waals surface area contributed by atoms with Crippen molar-refractivity contribution < 1.29 is 57.3 Å². The van der Waals surface area contributed by atoms with E-state index in [0.29, 0.717) is 151 Å². The molecule has 2 aromatic heterocycles. The van der Waals surface area contributed by atoms with E-state index in [4.69, 9.17) is 65.4 Å². The summed E-state index contributed by atoms with van der Waals surface area (Å²) in [6, 6.07) is 49.0. The molecule has 0 radical (unpaired) electrons. The van der Waals surface area contributed by atoms with Crippen molar-refractivity contribution in [2.24, 2.45) is 19.1 Å². The number of benzene rings is 7. The van der Waals surface area contributed by atoms with Gasteiger partial charge >= 0.3 is 11.9 Å². The molecule has 0 spiro atoms. The maximum Gasteiger partial charge on any atom is 0.329 e. The summed E-state index contributed by atoms with van der Waals surface area (Å²) in [4.78, 5) is 118. The van der Waals surface area contributed by atoms with Gasteiger partial charge in [-0.1, -0.05) is 181 Å². The van der Waals surface area contributed by atoms with Gasteiger partial charge in [0.05, 0.1) is 65.6 Å². The smallest absolute Gasteiger partial charge is 0.329 e. The molecule has 15 rings (SSSR count). The summed E-state index contributed by atoms with van der Waals surface area (Å²) < 4.78 is 24.6. The summed E-state index contributed by atoms with van der Waals surface area (Å²) in [6.07, 6.45) is 11.2. The summed E-state index contributed by atoms with van der Waals surface area (Å²) in [5.41, 5.74) is 13.2. The lowest BCUT2D eigenvalue weighted by atomic mass is 9.92. The van der Waals surface area contributed by atoms with Gasteiger partial charge in [-0.05, 0) is 132 Å². The van der Waals surface area contributed by atoms with Crippen molar-refractivity contribution in [1.29, 1.82) is 0 Å². The van der Waals surface area contributed by atoms with Gasteiger partial charge in [0.1, 0.15) is 35.3 Å². The molecule has 608 valence electrons. The van der Waals surface area contributed by atoms with Crippen molar-refractivity contribution in [2.45, 2.75) is 123 Å². The number of allylic oxidation sites excluding steroid dienone is 1. The van der Waals surface area contributed by atoms with Crippen LogP contribution in [0.15, 0.2) is 224 Å². The molecule has 8 heterocycles. The van der Waals surface area contributed by atoms with Crippen LogP contribution in [0.3, 0.4) is 0 Å². The molecule has 0 saturated carbocycles. The molecule has 23 nitrogen and oxygen atoms in total. The van der Waals surface area contributed by atoms with Crippen molar-refractivity contribution >= 4 is 100 Å². The van der Waals surface area contributed by atoms with E-state index >= 15 is 0 Å². The molecule has 7 aromatic carbocycles. The number of carbonyl (C=O) groups is 8. The number of likely N-dealkylation sites (N-methyl/N-ethyl adjacent to an activating group) is 1. The lowest BCUT2D eigenvalue weighted by Gasteiger charge is -2.37. The number of rotatable bonds is 16. The second-order valence-corrected chi connectivity index (χ2v) is 29.8. The number of aliphatic imine (C=N–C) groups is 1. The monoisotopic (exact) mass is 1660 g/mol. The van der Waals surface area contributed by atoms with E-state index in [9.17, 15) is 38.4 Å². The molecule has 117 heavy (non-hydrogen) atoms. The Morgan fingerprint density at radius 3 is 1.20 bits per heavy atom. The van der Waals surface area contributed by atoms with Gasteiger partial charge in [0.15, 0.2) is 5.82 Å². The normalized spacial score (nSPS) is 17.1. The Labute approximate surface area is 701 Å². The number of aryl methyl sites for hydroxylation is 2. The Morgan fingerprint density at radius 1 is 0.444 bits per heavy atom.